The Morgan fingerprint density at radius 1 is 1.58 bits per heavy atom. The van der Waals surface area contributed by atoms with Crippen LogP contribution in [-0.4, -0.2) is 73.1 Å². The maximum atomic E-state index is 12.2. The van der Waals surface area contributed by atoms with E-state index in [2.05, 4.69) is 5.32 Å². The maximum Gasteiger partial charge on any atom is 0.236 e. The molecule has 0 unspecified atom stereocenters. The van der Waals surface area contributed by atoms with Crippen molar-refractivity contribution in [1.82, 2.24) is 15.1 Å². The molecule has 0 bridgehead atoms. The smallest absolute Gasteiger partial charge is 0.236 e. The van der Waals surface area contributed by atoms with Gasteiger partial charge in [-0.25, -0.2) is 0 Å². The van der Waals surface area contributed by atoms with Gasteiger partial charge in [-0.15, -0.1) is 0 Å². The van der Waals surface area contributed by atoms with Gasteiger partial charge in [-0.3, -0.25) is 9.59 Å². The Morgan fingerprint density at radius 2 is 2.32 bits per heavy atom. The van der Waals surface area contributed by atoms with Crippen molar-refractivity contribution < 1.29 is 14.7 Å². The largest absolute Gasteiger partial charge is 0.392 e. The van der Waals surface area contributed by atoms with Crippen LogP contribution in [0.3, 0.4) is 0 Å². The standard InChI is InChI=1S/C13H23N3O3/c1-15(2)8-11(18)16-7-4-10(17)13(9-16)5-3-6-14-12(13)19/h10,17H,3-9H2,1-2H3,(H,14,19)/t10-,13-/m1/s1. The molecule has 2 aliphatic rings. The van der Waals surface area contributed by atoms with E-state index < -0.39 is 11.5 Å². The van der Waals surface area contributed by atoms with Crippen LogP contribution in [-0.2, 0) is 9.59 Å². The van der Waals surface area contributed by atoms with Gasteiger partial charge >= 0.3 is 0 Å². The number of likely N-dealkylation sites (tertiary alicyclic amines) is 1. The second kappa shape index (κ2) is 5.46. The van der Waals surface area contributed by atoms with Crippen molar-refractivity contribution in [3.63, 3.8) is 0 Å². The van der Waals surface area contributed by atoms with E-state index in [0.717, 1.165) is 6.42 Å². The number of nitrogens with zero attached hydrogens (tertiary/aromatic N) is 2. The molecule has 2 heterocycles. The number of hydrogen-bond donors (Lipinski definition) is 2. The van der Waals surface area contributed by atoms with Crippen LogP contribution >= 0.6 is 0 Å². The Morgan fingerprint density at radius 3 is 2.95 bits per heavy atom. The minimum Gasteiger partial charge on any atom is -0.392 e. The van der Waals surface area contributed by atoms with Crippen molar-refractivity contribution >= 4 is 11.8 Å². The highest BCUT2D eigenvalue weighted by molar-refractivity contribution is 5.86. The van der Waals surface area contributed by atoms with Crippen molar-refractivity contribution in [2.45, 2.75) is 25.4 Å². The molecule has 2 aliphatic heterocycles. The number of amides is 2. The molecule has 6 nitrogen and oxygen atoms in total. The number of piperidine rings is 2. The maximum absolute atomic E-state index is 12.2. The molecule has 6 heteroatoms. The van der Waals surface area contributed by atoms with Gasteiger partial charge in [0.25, 0.3) is 0 Å². The summed E-state index contributed by atoms with van der Waals surface area (Å²) in [6.45, 7) is 1.88. The van der Waals surface area contributed by atoms with Gasteiger partial charge in [0, 0.05) is 19.6 Å². The third kappa shape index (κ3) is 2.74. The first kappa shape index (κ1) is 14.3. The molecule has 1 spiro atoms. The van der Waals surface area contributed by atoms with E-state index in [9.17, 15) is 14.7 Å². The number of carbonyl (C=O) groups is 2. The van der Waals surface area contributed by atoms with Gasteiger partial charge in [-0.2, -0.15) is 0 Å². The summed E-state index contributed by atoms with van der Waals surface area (Å²) in [6.07, 6.45) is 1.35. The van der Waals surface area contributed by atoms with Crippen LogP contribution in [0.1, 0.15) is 19.3 Å². The van der Waals surface area contributed by atoms with E-state index in [4.69, 9.17) is 0 Å². The molecule has 0 aromatic rings. The molecule has 108 valence electrons. The summed E-state index contributed by atoms with van der Waals surface area (Å²) < 4.78 is 0. The molecule has 2 saturated heterocycles. The number of aliphatic hydroxyl groups excluding tert-OH is 1. The van der Waals surface area contributed by atoms with Crippen LogP contribution in [0.25, 0.3) is 0 Å². The summed E-state index contributed by atoms with van der Waals surface area (Å²) >= 11 is 0. The van der Waals surface area contributed by atoms with Gasteiger partial charge in [-0.05, 0) is 33.4 Å². The Balaban J connectivity index is 2.11. The summed E-state index contributed by atoms with van der Waals surface area (Å²) in [4.78, 5) is 27.8. The number of aliphatic hydroxyl groups is 1. The minimum absolute atomic E-state index is 0.0228. The Kier molecular flexibility index (Phi) is 4.10. The number of likely N-dealkylation sites (N-methyl/N-ethyl adjacent to an activating group) is 1. The Labute approximate surface area is 113 Å². The fourth-order valence-electron chi connectivity index (χ4n) is 3.03. The first-order chi connectivity index (χ1) is 8.95. The highest BCUT2D eigenvalue weighted by Crippen LogP contribution is 2.37. The van der Waals surface area contributed by atoms with E-state index in [-0.39, 0.29) is 11.8 Å². The third-order valence-electron chi connectivity index (χ3n) is 4.12. The lowest BCUT2D eigenvalue weighted by Crippen LogP contribution is -2.62. The zero-order valence-electron chi connectivity index (χ0n) is 11.7. The van der Waals surface area contributed by atoms with Gasteiger partial charge < -0.3 is 20.2 Å². The predicted molar refractivity (Wildman–Crippen MR) is 70.4 cm³/mol. The minimum atomic E-state index is -0.793. The van der Waals surface area contributed by atoms with E-state index in [0.29, 0.717) is 39.0 Å². The van der Waals surface area contributed by atoms with Gasteiger partial charge in [0.15, 0.2) is 0 Å². The van der Waals surface area contributed by atoms with Crippen molar-refractivity contribution in [3.8, 4) is 0 Å². The molecule has 0 aliphatic carbocycles. The number of carbonyl (C=O) groups excluding carboxylic acids is 2. The highest BCUT2D eigenvalue weighted by atomic mass is 16.3. The summed E-state index contributed by atoms with van der Waals surface area (Å²) in [5.41, 5.74) is -0.793. The van der Waals surface area contributed by atoms with Crippen LogP contribution in [0, 0.1) is 5.41 Å². The number of rotatable bonds is 2. The molecule has 0 radical (unpaired) electrons. The second-order valence-electron chi connectivity index (χ2n) is 5.87. The molecule has 2 fully saturated rings. The number of hydrogen-bond acceptors (Lipinski definition) is 4. The molecular weight excluding hydrogens is 246 g/mol. The molecule has 2 rings (SSSR count). The van der Waals surface area contributed by atoms with Gasteiger partial charge in [-0.1, -0.05) is 0 Å². The van der Waals surface area contributed by atoms with E-state index in [1.807, 2.05) is 19.0 Å². The summed E-state index contributed by atoms with van der Waals surface area (Å²) in [7, 11) is 3.69. The summed E-state index contributed by atoms with van der Waals surface area (Å²) in [5, 5.41) is 13.1. The molecule has 0 aromatic heterocycles. The molecular formula is C13H23N3O3. The van der Waals surface area contributed by atoms with Crippen LogP contribution in [0.4, 0.5) is 0 Å². The Bertz CT molecular complexity index is 372. The summed E-state index contributed by atoms with van der Waals surface area (Å²) in [5.74, 6) is -0.0803. The molecule has 2 amide bonds. The average Bonchev–Trinajstić information content (AvgIpc) is 2.35. The van der Waals surface area contributed by atoms with Crippen molar-refractivity contribution in [3.05, 3.63) is 0 Å². The average molecular weight is 269 g/mol. The first-order valence-corrected chi connectivity index (χ1v) is 6.84. The third-order valence-corrected chi connectivity index (χ3v) is 4.12. The molecule has 2 atom stereocenters. The Hall–Kier alpha value is -1.14. The first-order valence-electron chi connectivity index (χ1n) is 6.84. The van der Waals surface area contributed by atoms with Crippen LogP contribution in [0.5, 0.6) is 0 Å². The molecule has 2 N–H and O–H groups in total. The van der Waals surface area contributed by atoms with Crippen LogP contribution < -0.4 is 5.32 Å². The summed E-state index contributed by atoms with van der Waals surface area (Å²) in [6, 6.07) is 0. The zero-order valence-corrected chi connectivity index (χ0v) is 11.7. The lowest BCUT2D eigenvalue weighted by molar-refractivity contribution is -0.154. The number of nitrogens with one attached hydrogen (secondary N) is 1. The molecule has 0 aromatic carbocycles. The van der Waals surface area contributed by atoms with Crippen molar-refractivity contribution in [2.75, 3.05) is 40.3 Å². The van der Waals surface area contributed by atoms with Crippen LogP contribution in [0.2, 0.25) is 0 Å². The van der Waals surface area contributed by atoms with Gasteiger partial charge in [0.2, 0.25) is 11.8 Å². The van der Waals surface area contributed by atoms with Gasteiger partial charge in [0.1, 0.15) is 0 Å². The normalized spacial score (nSPS) is 31.7. The molecule has 0 saturated carbocycles. The lowest BCUT2D eigenvalue weighted by Gasteiger charge is -2.47. The zero-order chi connectivity index (χ0) is 14.0. The van der Waals surface area contributed by atoms with E-state index >= 15 is 0 Å². The topological polar surface area (TPSA) is 72.9 Å². The second-order valence-corrected chi connectivity index (χ2v) is 5.87. The monoisotopic (exact) mass is 269 g/mol. The van der Waals surface area contributed by atoms with Crippen molar-refractivity contribution in [2.24, 2.45) is 5.41 Å². The van der Waals surface area contributed by atoms with Gasteiger partial charge in [0.05, 0.1) is 18.1 Å². The van der Waals surface area contributed by atoms with E-state index in [1.54, 1.807) is 4.90 Å². The predicted octanol–water partition coefficient (Wildman–Crippen LogP) is -0.962. The fraction of sp³-hybridized carbons (Fsp3) is 0.846. The van der Waals surface area contributed by atoms with Crippen LogP contribution in [0.15, 0.2) is 0 Å². The fourth-order valence-corrected chi connectivity index (χ4v) is 3.03. The van der Waals surface area contributed by atoms with E-state index in [1.165, 1.54) is 0 Å². The quantitative estimate of drug-likeness (QED) is 0.677. The highest BCUT2D eigenvalue weighted by Gasteiger charge is 2.50. The van der Waals surface area contributed by atoms with Crippen molar-refractivity contribution in [1.29, 1.82) is 0 Å². The molecule has 19 heavy (non-hydrogen) atoms. The lowest BCUT2D eigenvalue weighted by atomic mass is 9.71. The SMILES string of the molecule is CN(C)CC(=O)N1CC[C@@H](O)[C@@]2(CCCNC2=O)C1.